The van der Waals surface area contributed by atoms with E-state index in [1.807, 2.05) is 18.3 Å². The van der Waals surface area contributed by atoms with Crippen molar-refractivity contribution in [1.82, 2.24) is 15.0 Å². The van der Waals surface area contributed by atoms with E-state index in [0.29, 0.717) is 0 Å². The summed E-state index contributed by atoms with van der Waals surface area (Å²) in [5.74, 6) is 0.746. The molecular weight excluding hydrogens is 318 g/mol. The summed E-state index contributed by atoms with van der Waals surface area (Å²) in [5.41, 5.74) is 7.58. The summed E-state index contributed by atoms with van der Waals surface area (Å²) in [6.45, 7) is 6.25. The minimum absolute atomic E-state index is 0.746. The van der Waals surface area contributed by atoms with Crippen LogP contribution < -0.4 is 5.43 Å². The average molecular weight is 335 g/mol. The summed E-state index contributed by atoms with van der Waals surface area (Å²) in [4.78, 5) is 14.3. The van der Waals surface area contributed by atoms with Crippen molar-refractivity contribution in [2.45, 2.75) is 20.8 Å². The number of aryl methyl sites for hydroxylation is 3. The molecular formula is C18H17N5S. The SMILES string of the molecule is Cc1[nH]c2ccccc2c1/C=N/Nc1ncnc2sc(C)c(C)c12. The van der Waals surface area contributed by atoms with Gasteiger partial charge >= 0.3 is 0 Å². The third-order valence-electron chi connectivity index (χ3n) is 4.27. The van der Waals surface area contributed by atoms with Crippen LogP contribution in [0.1, 0.15) is 21.7 Å². The van der Waals surface area contributed by atoms with Gasteiger partial charge in [0.15, 0.2) is 5.82 Å². The topological polar surface area (TPSA) is 66.0 Å². The Morgan fingerprint density at radius 1 is 1.17 bits per heavy atom. The zero-order valence-corrected chi connectivity index (χ0v) is 14.5. The molecule has 4 aromatic rings. The van der Waals surface area contributed by atoms with Crippen LogP contribution in [0.15, 0.2) is 35.7 Å². The van der Waals surface area contributed by atoms with Crippen molar-refractivity contribution < 1.29 is 0 Å². The van der Waals surface area contributed by atoms with Crippen molar-refractivity contribution in [2.24, 2.45) is 5.10 Å². The fourth-order valence-electron chi connectivity index (χ4n) is 2.89. The number of nitrogens with one attached hydrogen (secondary N) is 2. The van der Waals surface area contributed by atoms with Crippen LogP contribution in [0.2, 0.25) is 0 Å². The molecule has 0 atom stereocenters. The van der Waals surface area contributed by atoms with Gasteiger partial charge in [-0.05, 0) is 32.4 Å². The van der Waals surface area contributed by atoms with Crippen LogP contribution >= 0.6 is 11.3 Å². The number of aromatic amines is 1. The van der Waals surface area contributed by atoms with Gasteiger partial charge in [-0.3, -0.25) is 5.43 Å². The summed E-state index contributed by atoms with van der Waals surface area (Å²) < 4.78 is 0. The van der Waals surface area contributed by atoms with Gasteiger partial charge in [-0.15, -0.1) is 11.3 Å². The van der Waals surface area contributed by atoms with Crippen molar-refractivity contribution in [1.29, 1.82) is 0 Å². The first kappa shape index (κ1) is 14.8. The lowest BCUT2D eigenvalue weighted by Crippen LogP contribution is -1.96. The number of hydrazone groups is 1. The first-order chi connectivity index (χ1) is 11.6. The van der Waals surface area contributed by atoms with E-state index in [4.69, 9.17) is 0 Å². The average Bonchev–Trinajstić information content (AvgIpc) is 3.05. The molecule has 0 aliphatic carbocycles. The quantitative estimate of drug-likeness (QED) is 0.426. The first-order valence-electron chi connectivity index (χ1n) is 7.72. The lowest BCUT2D eigenvalue weighted by molar-refractivity contribution is 1.19. The Morgan fingerprint density at radius 3 is 2.88 bits per heavy atom. The fourth-order valence-corrected chi connectivity index (χ4v) is 3.89. The standard InChI is InChI=1S/C18H17N5S/c1-10-12(3)24-18-16(10)17(19-9-20-18)23-21-8-14-11(2)22-15-7-5-4-6-13(14)15/h4-9,22H,1-3H3,(H,19,20,23)/b21-8+. The molecule has 0 bridgehead atoms. The highest BCUT2D eigenvalue weighted by Crippen LogP contribution is 2.32. The molecule has 3 aromatic heterocycles. The van der Waals surface area contributed by atoms with Crippen molar-refractivity contribution >= 4 is 44.5 Å². The van der Waals surface area contributed by atoms with Gasteiger partial charge in [0.05, 0.1) is 11.6 Å². The highest BCUT2D eigenvalue weighted by atomic mass is 32.1. The van der Waals surface area contributed by atoms with Gasteiger partial charge < -0.3 is 4.98 Å². The second-order valence-corrected chi connectivity index (χ2v) is 6.97. The lowest BCUT2D eigenvalue weighted by Gasteiger charge is -2.02. The van der Waals surface area contributed by atoms with Crippen LogP contribution in [0.4, 0.5) is 5.82 Å². The molecule has 5 nitrogen and oxygen atoms in total. The Kier molecular flexibility index (Phi) is 3.54. The van der Waals surface area contributed by atoms with E-state index < -0.39 is 0 Å². The Bertz CT molecular complexity index is 1070. The number of nitrogens with zero attached hydrogens (tertiary/aromatic N) is 3. The number of H-pyrrole nitrogens is 1. The van der Waals surface area contributed by atoms with Gasteiger partial charge in [-0.1, -0.05) is 18.2 Å². The van der Waals surface area contributed by atoms with Gasteiger partial charge in [-0.2, -0.15) is 5.10 Å². The van der Waals surface area contributed by atoms with Crippen LogP contribution in [-0.4, -0.2) is 21.2 Å². The molecule has 4 rings (SSSR count). The Labute approximate surface area is 143 Å². The van der Waals surface area contributed by atoms with Crippen LogP contribution in [0.25, 0.3) is 21.1 Å². The van der Waals surface area contributed by atoms with Crippen molar-refractivity contribution in [3.05, 3.63) is 52.3 Å². The van der Waals surface area contributed by atoms with Gasteiger partial charge in [0.1, 0.15) is 11.2 Å². The molecule has 24 heavy (non-hydrogen) atoms. The van der Waals surface area contributed by atoms with Gasteiger partial charge in [0, 0.05) is 27.0 Å². The van der Waals surface area contributed by atoms with Crippen LogP contribution in [0.5, 0.6) is 0 Å². The number of benzene rings is 1. The van der Waals surface area contributed by atoms with E-state index in [1.165, 1.54) is 10.4 Å². The molecule has 2 N–H and O–H groups in total. The van der Waals surface area contributed by atoms with Gasteiger partial charge in [-0.25, -0.2) is 9.97 Å². The van der Waals surface area contributed by atoms with E-state index in [2.05, 4.69) is 58.4 Å². The first-order valence-corrected chi connectivity index (χ1v) is 8.54. The monoisotopic (exact) mass is 335 g/mol. The predicted molar refractivity (Wildman–Crippen MR) is 101 cm³/mol. The molecule has 0 aliphatic heterocycles. The van der Waals surface area contributed by atoms with Gasteiger partial charge in [0.25, 0.3) is 0 Å². The van der Waals surface area contributed by atoms with E-state index >= 15 is 0 Å². The summed E-state index contributed by atoms with van der Waals surface area (Å²) in [6.07, 6.45) is 3.42. The second kappa shape index (κ2) is 5.72. The van der Waals surface area contributed by atoms with E-state index in [9.17, 15) is 0 Å². The maximum atomic E-state index is 4.41. The number of aromatic nitrogens is 3. The number of rotatable bonds is 3. The normalized spacial score (nSPS) is 11.8. The maximum absolute atomic E-state index is 4.41. The summed E-state index contributed by atoms with van der Waals surface area (Å²) in [6, 6.07) is 8.22. The molecule has 0 radical (unpaired) electrons. The molecule has 0 fully saturated rings. The molecule has 0 unspecified atom stereocenters. The fraction of sp³-hybridized carbons (Fsp3) is 0.167. The van der Waals surface area contributed by atoms with Crippen LogP contribution in [0, 0.1) is 20.8 Å². The third kappa shape index (κ3) is 2.35. The molecule has 6 heteroatoms. The molecule has 0 saturated heterocycles. The van der Waals surface area contributed by atoms with Crippen LogP contribution in [0.3, 0.4) is 0 Å². The highest BCUT2D eigenvalue weighted by Gasteiger charge is 2.11. The second-order valence-electron chi connectivity index (χ2n) is 5.76. The third-order valence-corrected chi connectivity index (χ3v) is 5.39. The zero-order chi connectivity index (χ0) is 16.7. The van der Waals surface area contributed by atoms with Crippen molar-refractivity contribution in [2.75, 3.05) is 5.43 Å². The number of thiophene rings is 1. The number of fused-ring (bicyclic) bond motifs is 2. The zero-order valence-electron chi connectivity index (χ0n) is 13.7. The predicted octanol–water partition coefficient (Wildman–Crippen LogP) is 4.54. The smallest absolute Gasteiger partial charge is 0.158 e. The minimum Gasteiger partial charge on any atom is -0.358 e. The molecule has 0 spiro atoms. The molecule has 0 saturated carbocycles. The summed E-state index contributed by atoms with van der Waals surface area (Å²) >= 11 is 1.68. The number of hydrogen-bond acceptors (Lipinski definition) is 5. The molecule has 3 heterocycles. The molecule has 120 valence electrons. The molecule has 0 amide bonds. The Balaban J connectivity index is 1.70. The summed E-state index contributed by atoms with van der Waals surface area (Å²) in [7, 11) is 0. The van der Waals surface area contributed by atoms with E-state index in [-0.39, 0.29) is 0 Å². The van der Waals surface area contributed by atoms with Crippen molar-refractivity contribution in [3.63, 3.8) is 0 Å². The number of anilines is 1. The number of para-hydroxylation sites is 1. The summed E-state index contributed by atoms with van der Waals surface area (Å²) in [5, 5.41) is 6.63. The van der Waals surface area contributed by atoms with Gasteiger partial charge in [0.2, 0.25) is 0 Å². The van der Waals surface area contributed by atoms with Crippen molar-refractivity contribution in [3.8, 4) is 0 Å². The minimum atomic E-state index is 0.746. The molecule has 0 aliphatic rings. The Morgan fingerprint density at radius 2 is 2.00 bits per heavy atom. The highest BCUT2D eigenvalue weighted by molar-refractivity contribution is 7.18. The van der Waals surface area contributed by atoms with E-state index in [0.717, 1.165) is 38.2 Å². The van der Waals surface area contributed by atoms with E-state index in [1.54, 1.807) is 17.7 Å². The Hall–Kier alpha value is -2.73. The maximum Gasteiger partial charge on any atom is 0.158 e. The lowest BCUT2D eigenvalue weighted by atomic mass is 10.1. The largest absolute Gasteiger partial charge is 0.358 e. The number of hydrogen-bond donors (Lipinski definition) is 2. The van der Waals surface area contributed by atoms with Crippen LogP contribution in [-0.2, 0) is 0 Å². The molecule has 1 aromatic carbocycles.